The summed E-state index contributed by atoms with van der Waals surface area (Å²) in [6, 6.07) is 5.74. The van der Waals surface area contributed by atoms with Crippen molar-refractivity contribution in [2.24, 2.45) is 5.92 Å². The van der Waals surface area contributed by atoms with E-state index in [9.17, 15) is 4.79 Å². The van der Waals surface area contributed by atoms with Crippen LogP contribution in [0.3, 0.4) is 0 Å². The number of benzene rings is 1. The Hall–Kier alpha value is -1.52. The summed E-state index contributed by atoms with van der Waals surface area (Å²) < 4.78 is 5.48. The van der Waals surface area contributed by atoms with Crippen molar-refractivity contribution in [1.29, 1.82) is 0 Å². The molecule has 1 aromatic heterocycles. The molecule has 3 rings (SSSR count). The fraction of sp³-hybridized carbons (Fsp3) is 0.471. The van der Waals surface area contributed by atoms with Crippen molar-refractivity contribution in [2.45, 2.75) is 20.3 Å². The summed E-state index contributed by atoms with van der Waals surface area (Å²) in [6.45, 7) is 6.98. The van der Waals surface area contributed by atoms with Gasteiger partial charge in [-0.05, 0) is 31.9 Å². The van der Waals surface area contributed by atoms with E-state index in [0.717, 1.165) is 49.2 Å². The Morgan fingerprint density at radius 2 is 2.32 bits per heavy atom. The van der Waals surface area contributed by atoms with E-state index in [1.165, 1.54) is 0 Å². The van der Waals surface area contributed by atoms with E-state index in [0.29, 0.717) is 16.6 Å². The van der Waals surface area contributed by atoms with Gasteiger partial charge in [0.25, 0.3) is 5.91 Å². The lowest BCUT2D eigenvalue weighted by molar-refractivity contribution is 0.0757. The Kier molecular flexibility index (Phi) is 4.41. The van der Waals surface area contributed by atoms with E-state index in [4.69, 9.17) is 16.3 Å². The zero-order valence-electron chi connectivity index (χ0n) is 13.0. The summed E-state index contributed by atoms with van der Waals surface area (Å²) in [5.74, 6) is 0.501. The third-order valence-corrected chi connectivity index (χ3v) is 4.70. The van der Waals surface area contributed by atoms with Crippen molar-refractivity contribution in [1.82, 2.24) is 9.88 Å². The molecule has 0 spiro atoms. The number of para-hydroxylation sites is 1. The molecule has 4 nitrogen and oxygen atoms in total. The van der Waals surface area contributed by atoms with Crippen LogP contribution >= 0.6 is 11.6 Å². The summed E-state index contributed by atoms with van der Waals surface area (Å²) in [5.41, 5.74) is 2.46. The highest BCUT2D eigenvalue weighted by molar-refractivity contribution is 6.35. The van der Waals surface area contributed by atoms with E-state index in [2.05, 4.69) is 4.98 Å². The number of carbonyl (C=O) groups excluding carboxylic acids is 1. The van der Waals surface area contributed by atoms with Crippen LogP contribution in [0.25, 0.3) is 10.9 Å². The highest BCUT2D eigenvalue weighted by Gasteiger charge is 2.29. The summed E-state index contributed by atoms with van der Waals surface area (Å²) in [6.07, 6.45) is 1.01. The van der Waals surface area contributed by atoms with Crippen LogP contribution in [-0.4, -0.2) is 42.1 Å². The predicted molar refractivity (Wildman–Crippen MR) is 88.5 cm³/mol. The van der Waals surface area contributed by atoms with Crippen LogP contribution in [0, 0.1) is 12.8 Å². The van der Waals surface area contributed by atoms with Crippen molar-refractivity contribution in [3.05, 3.63) is 34.5 Å². The molecule has 1 aliphatic heterocycles. The number of likely N-dealkylation sites (tertiary alicyclic amines) is 1. The van der Waals surface area contributed by atoms with Crippen LogP contribution < -0.4 is 0 Å². The average molecular weight is 321 g/mol. The van der Waals surface area contributed by atoms with Gasteiger partial charge in [0, 0.05) is 31.0 Å². The van der Waals surface area contributed by atoms with Crippen LogP contribution in [0.1, 0.15) is 29.4 Å². The SMILES string of the molecule is CCOCC1CCN(C(=O)c2[nH]c3c(Cl)cccc3c2C)C1. The summed E-state index contributed by atoms with van der Waals surface area (Å²) in [4.78, 5) is 17.9. The maximum Gasteiger partial charge on any atom is 0.270 e. The molecular formula is C17H21ClN2O2. The van der Waals surface area contributed by atoms with Crippen LogP contribution in [0.15, 0.2) is 18.2 Å². The second-order valence-electron chi connectivity index (χ2n) is 5.85. The molecule has 5 heteroatoms. The van der Waals surface area contributed by atoms with Crippen LogP contribution in [0.2, 0.25) is 5.02 Å². The highest BCUT2D eigenvalue weighted by atomic mass is 35.5. The molecule has 0 bridgehead atoms. The Morgan fingerprint density at radius 3 is 3.05 bits per heavy atom. The van der Waals surface area contributed by atoms with Gasteiger partial charge < -0.3 is 14.6 Å². The number of rotatable bonds is 4. The largest absolute Gasteiger partial charge is 0.381 e. The van der Waals surface area contributed by atoms with E-state index in [1.807, 2.05) is 36.9 Å². The Labute approximate surface area is 135 Å². The van der Waals surface area contributed by atoms with Gasteiger partial charge in [0.2, 0.25) is 0 Å². The molecule has 22 heavy (non-hydrogen) atoms. The first kappa shape index (κ1) is 15.4. The molecule has 1 fully saturated rings. The van der Waals surface area contributed by atoms with Crippen molar-refractivity contribution >= 4 is 28.4 Å². The maximum absolute atomic E-state index is 12.8. The monoisotopic (exact) mass is 320 g/mol. The molecule has 118 valence electrons. The summed E-state index contributed by atoms with van der Waals surface area (Å²) >= 11 is 6.21. The minimum absolute atomic E-state index is 0.0590. The number of aromatic amines is 1. The lowest BCUT2D eigenvalue weighted by atomic mass is 10.1. The number of hydrogen-bond donors (Lipinski definition) is 1. The standard InChI is InChI=1S/C17H21ClN2O2/c1-3-22-10-12-7-8-20(9-12)17(21)15-11(2)13-5-4-6-14(18)16(13)19-15/h4-6,12,19H,3,7-10H2,1-2H3. The maximum atomic E-state index is 12.8. The smallest absolute Gasteiger partial charge is 0.270 e. The second kappa shape index (κ2) is 6.31. The van der Waals surface area contributed by atoms with Crippen LogP contribution in [-0.2, 0) is 4.74 Å². The minimum Gasteiger partial charge on any atom is -0.381 e. The number of aromatic nitrogens is 1. The first-order valence-electron chi connectivity index (χ1n) is 7.75. The Bertz CT molecular complexity index is 695. The molecule has 1 unspecified atom stereocenters. The van der Waals surface area contributed by atoms with E-state index in [-0.39, 0.29) is 5.91 Å². The fourth-order valence-corrected chi connectivity index (χ4v) is 3.35. The number of nitrogens with one attached hydrogen (secondary N) is 1. The van der Waals surface area contributed by atoms with Crippen LogP contribution in [0.5, 0.6) is 0 Å². The zero-order valence-corrected chi connectivity index (χ0v) is 13.7. The lowest BCUT2D eigenvalue weighted by Gasteiger charge is -2.16. The second-order valence-corrected chi connectivity index (χ2v) is 6.26. The topological polar surface area (TPSA) is 45.3 Å². The van der Waals surface area contributed by atoms with Crippen molar-refractivity contribution in [3.63, 3.8) is 0 Å². The summed E-state index contributed by atoms with van der Waals surface area (Å²) in [7, 11) is 0. The van der Waals surface area contributed by atoms with Crippen molar-refractivity contribution in [3.8, 4) is 0 Å². The van der Waals surface area contributed by atoms with Gasteiger partial charge in [0.15, 0.2) is 0 Å². The quantitative estimate of drug-likeness (QED) is 0.935. The molecule has 2 heterocycles. The molecule has 0 radical (unpaired) electrons. The number of fused-ring (bicyclic) bond motifs is 1. The van der Waals surface area contributed by atoms with Gasteiger partial charge in [-0.2, -0.15) is 0 Å². The first-order chi connectivity index (χ1) is 10.6. The molecular weight excluding hydrogens is 300 g/mol. The van der Waals surface area contributed by atoms with Gasteiger partial charge in [-0.1, -0.05) is 23.7 Å². The number of nitrogens with zero attached hydrogens (tertiary/aromatic N) is 1. The molecule has 0 saturated carbocycles. The number of carbonyl (C=O) groups is 1. The van der Waals surface area contributed by atoms with Gasteiger partial charge in [-0.25, -0.2) is 0 Å². The third kappa shape index (κ3) is 2.73. The third-order valence-electron chi connectivity index (χ3n) is 4.39. The zero-order chi connectivity index (χ0) is 15.7. The number of amides is 1. The number of aryl methyl sites for hydroxylation is 1. The normalized spacial score (nSPS) is 18.3. The fourth-order valence-electron chi connectivity index (χ4n) is 3.13. The Balaban J connectivity index is 1.81. The molecule has 1 amide bonds. The van der Waals surface area contributed by atoms with E-state index in [1.54, 1.807) is 0 Å². The van der Waals surface area contributed by atoms with E-state index >= 15 is 0 Å². The number of ether oxygens (including phenoxy) is 1. The number of halogens is 1. The minimum atomic E-state index is 0.0590. The molecule has 1 aliphatic rings. The predicted octanol–water partition coefficient (Wildman–Crippen LogP) is 3.63. The molecule has 1 saturated heterocycles. The van der Waals surface area contributed by atoms with Gasteiger partial charge in [-0.15, -0.1) is 0 Å². The van der Waals surface area contributed by atoms with Crippen molar-refractivity contribution < 1.29 is 9.53 Å². The average Bonchev–Trinajstić information content (AvgIpc) is 3.11. The molecule has 2 aromatic rings. The highest BCUT2D eigenvalue weighted by Crippen LogP contribution is 2.29. The first-order valence-corrected chi connectivity index (χ1v) is 8.13. The van der Waals surface area contributed by atoms with Crippen LogP contribution in [0.4, 0.5) is 0 Å². The van der Waals surface area contributed by atoms with Gasteiger partial charge in [0.1, 0.15) is 5.69 Å². The van der Waals surface area contributed by atoms with Gasteiger partial charge >= 0.3 is 0 Å². The molecule has 1 aromatic carbocycles. The Morgan fingerprint density at radius 1 is 1.50 bits per heavy atom. The molecule has 1 N–H and O–H groups in total. The molecule has 1 atom stereocenters. The van der Waals surface area contributed by atoms with E-state index < -0.39 is 0 Å². The van der Waals surface area contributed by atoms with Crippen molar-refractivity contribution in [2.75, 3.05) is 26.3 Å². The van der Waals surface area contributed by atoms with Gasteiger partial charge in [-0.3, -0.25) is 4.79 Å². The van der Waals surface area contributed by atoms with Gasteiger partial charge in [0.05, 0.1) is 17.1 Å². The number of hydrogen-bond acceptors (Lipinski definition) is 2. The molecule has 0 aliphatic carbocycles. The lowest BCUT2D eigenvalue weighted by Crippen LogP contribution is -2.30. The number of H-pyrrole nitrogens is 1. The summed E-state index contributed by atoms with van der Waals surface area (Å²) in [5, 5.41) is 1.66.